The molecule has 1 aromatic heterocycles. The van der Waals surface area contributed by atoms with E-state index in [0.29, 0.717) is 12.6 Å². The Balaban J connectivity index is 1.95. The summed E-state index contributed by atoms with van der Waals surface area (Å²) in [6.07, 6.45) is 4.77. The molecule has 4 nitrogen and oxygen atoms in total. The summed E-state index contributed by atoms with van der Waals surface area (Å²) in [5.41, 5.74) is 1.86. The summed E-state index contributed by atoms with van der Waals surface area (Å²) in [6.45, 7) is 4.72. The molecule has 1 atom stereocenters. The lowest BCUT2D eigenvalue weighted by Crippen LogP contribution is -2.35. The predicted octanol–water partition coefficient (Wildman–Crippen LogP) is 1.76. The van der Waals surface area contributed by atoms with Crippen molar-refractivity contribution >= 4 is 16.9 Å². The van der Waals surface area contributed by atoms with Gasteiger partial charge in [0.2, 0.25) is 0 Å². The van der Waals surface area contributed by atoms with E-state index in [2.05, 4.69) is 27.2 Å². The van der Waals surface area contributed by atoms with Crippen LogP contribution in [0.2, 0.25) is 0 Å². The number of nitrogens with zero attached hydrogens (tertiary/aromatic N) is 3. The third-order valence-electron chi connectivity index (χ3n) is 2.38. The fraction of sp³-hybridized carbons (Fsp3) is 0.545. The Morgan fingerprint density at radius 2 is 2.38 bits per heavy atom. The van der Waals surface area contributed by atoms with Gasteiger partial charge in [-0.1, -0.05) is 11.8 Å². The summed E-state index contributed by atoms with van der Waals surface area (Å²) in [5.74, 6) is 1.15. The topological polar surface area (TPSA) is 50.2 Å². The summed E-state index contributed by atoms with van der Waals surface area (Å²) in [5, 5.41) is 4.39. The zero-order chi connectivity index (χ0) is 11.4. The number of amidine groups is 1. The second-order valence-electron chi connectivity index (χ2n) is 3.95. The smallest absolute Gasteiger partial charge is 0.157 e. The van der Waals surface area contributed by atoms with Crippen LogP contribution < -0.4 is 5.32 Å². The molecule has 2 rings (SSSR count). The summed E-state index contributed by atoms with van der Waals surface area (Å²) in [6, 6.07) is 0.532. The molecule has 0 radical (unpaired) electrons. The SMILES string of the molecule is Cc1cnc(CN=C2NC(C)CCS2)cn1. The second kappa shape index (κ2) is 5.30. The van der Waals surface area contributed by atoms with Crippen molar-refractivity contribution in [3.63, 3.8) is 0 Å². The largest absolute Gasteiger partial charge is 0.362 e. The van der Waals surface area contributed by atoms with Gasteiger partial charge in [0.25, 0.3) is 0 Å². The fourth-order valence-corrected chi connectivity index (χ4v) is 2.51. The van der Waals surface area contributed by atoms with E-state index in [9.17, 15) is 0 Å². The molecule has 1 fully saturated rings. The minimum atomic E-state index is 0.532. The maximum absolute atomic E-state index is 4.50. The molecule has 2 heterocycles. The number of hydrogen-bond acceptors (Lipinski definition) is 4. The first kappa shape index (κ1) is 11.4. The van der Waals surface area contributed by atoms with Crippen LogP contribution in [0.15, 0.2) is 17.4 Å². The van der Waals surface area contributed by atoms with Crippen LogP contribution >= 0.6 is 11.8 Å². The normalized spacial score (nSPS) is 23.1. The van der Waals surface area contributed by atoms with Crippen molar-refractivity contribution in [3.8, 4) is 0 Å². The van der Waals surface area contributed by atoms with Crippen molar-refractivity contribution < 1.29 is 0 Å². The van der Waals surface area contributed by atoms with E-state index in [0.717, 1.165) is 22.3 Å². The van der Waals surface area contributed by atoms with Crippen LogP contribution in [-0.4, -0.2) is 26.9 Å². The Hall–Kier alpha value is -1.10. The van der Waals surface area contributed by atoms with Gasteiger partial charge in [0.05, 0.1) is 24.1 Å². The van der Waals surface area contributed by atoms with Crippen molar-refractivity contribution in [2.24, 2.45) is 4.99 Å². The number of aliphatic imine (C=N–C) groups is 1. The first-order chi connectivity index (χ1) is 7.74. The highest BCUT2D eigenvalue weighted by atomic mass is 32.2. The number of rotatable bonds is 2. The van der Waals surface area contributed by atoms with Crippen LogP contribution in [0, 0.1) is 6.92 Å². The van der Waals surface area contributed by atoms with Gasteiger partial charge in [-0.05, 0) is 20.3 Å². The summed E-state index contributed by atoms with van der Waals surface area (Å²) < 4.78 is 0. The Morgan fingerprint density at radius 3 is 3.06 bits per heavy atom. The monoisotopic (exact) mass is 236 g/mol. The molecule has 1 aliphatic heterocycles. The van der Waals surface area contributed by atoms with Gasteiger partial charge in [-0.3, -0.25) is 15.0 Å². The number of thioether (sulfide) groups is 1. The summed E-state index contributed by atoms with van der Waals surface area (Å²) in [4.78, 5) is 13.0. The number of aryl methyl sites for hydroxylation is 1. The molecule has 1 unspecified atom stereocenters. The van der Waals surface area contributed by atoms with Crippen molar-refractivity contribution in [2.45, 2.75) is 32.9 Å². The molecule has 0 spiro atoms. The van der Waals surface area contributed by atoms with E-state index in [4.69, 9.17) is 0 Å². The van der Waals surface area contributed by atoms with Gasteiger partial charge in [0.1, 0.15) is 0 Å². The van der Waals surface area contributed by atoms with Crippen LogP contribution in [-0.2, 0) is 6.54 Å². The number of hydrogen-bond donors (Lipinski definition) is 1. The molecule has 1 aliphatic rings. The van der Waals surface area contributed by atoms with Crippen molar-refractivity contribution in [2.75, 3.05) is 5.75 Å². The predicted molar refractivity (Wildman–Crippen MR) is 67.6 cm³/mol. The molecular formula is C11H16N4S. The highest BCUT2D eigenvalue weighted by molar-refractivity contribution is 8.13. The lowest BCUT2D eigenvalue weighted by molar-refractivity contribution is 0.642. The second-order valence-corrected chi connectivity index (χ2v) is 5.04. The zero-order valence-electron chi connectivity index (χ0n) is 9.60. The number of aromatic nitrogens is 2. The van der Waals surface area contributed by atoms with Crippen LogP contribution in [0.1, 0.15) is 24.7 Å². The molecule has 0 aromatic carbocycles. The Labute approximate surface area is 100.0 Å². The molecule has 1 saturated heterocycles. The van der Waals surface area contributed by atoms with E-state index in [-0.39, 0.29) is 0 Å². The molecule has 86 valence electrons. The van der Waals surface area contributed by atoms with Gasteiger partial charge >= 0.3 is 0 Å². The molecule has 0 amide bonds. The molecular weight excluding hydrogens is 220 g/mol. The molecule has 0 aliphatic carbocycles. The van der Waals surface area contributed by atoms with E-state index in [1.54, 1.807) is 24.2 Å². The molecule has 0 bridgehead atoms. The van der Waals surface area contributed by atoms with E-state index >= 15 is 0 Å². The van der Waals surface area contributed by atoms with Crippen molar-refractivity contribution in [1.82, 2.24) is 15.3 Å². The van der Waals surface area contributed by atoms with Crippen LogP contribution in [0.4, 0.5) is 0 Å². The average molecular weight is 236 g/mol. The average Bonchev–Trinajstić information content (AvgIpc) is 2.28. The Kier molecular flexibility index (Phi) is 3.77. The fourth-order valence-electron chi connectivity index (χ4n) is 1.40. The Bertz CT molecular complexity index is 374. The minimum absolute atomic E-state index is 0.532. The third kappa shape index (κ3) is 3.20. The maximum Gasteiger partial charge on any atom is 0.157 e. The minimum Gasteiger partial charge on any atom is -0.362 e. The van der Waals surface area contributed by atoms with Gasteiger partial charge in [-0.2, -0.15) is 0 Å². The first-order valence-corrected chi connectivity index (χ1v) is 6.44. The number of nitrogens with one attached hydrogen (secondary N) is 1. The van der Waals surface area contributed by atoms with Gasteiger partial charge in [-0.15, -0.1) is 0 Å². The third-order valence-corrected chi connectivity index (χ3v) is 3.34. The highest BCUT2D eigenvalue weighted by Gasteiger charge is 2.12. The molecule has 1 aromatic rings. The summed E-state index contributed by atoms with van der Waals surface area (Å²) in [7, 11) is 0. The van der Waals surface area contributed by atoms with Crippen LogP contribution in [0.5, 0.6) is 0 Å². The quantitative estimate of drug-likeness (QED) is 0.850. The van der Waals surface area contributed by atoms with Crippen molar-refractivity contribution in [1.29, 1.82) is 0 Å². The zero-order valence-corrected chi connectivity index (χ0v) is 10.4. The molecule has 0 saturated carbocycles. The van der Waals surface area contributed by atoms with E-state index in [1.807, 2.05) is 6.92 Å². The molecule has 5 heteroatoms. The Morgan fingerprint density at radius 1 is 1.50 bits per heavy atom. The maximum atomic E-state index is 4.50. The lowest BCUT2D eigenvalue weighted by Gasteiger charge is -2.21. The lowest BCUT2D eigenvalue weighted by atomic mass is 10.3. The van der Waals surface area contributed by atoms with Crippen LogP contribution in [0.3, 0.4) is 0 Å². The van der Waals surface area contributed by atoms with Crippen molar-refractivity contribution in [3.05, 3.63) is 23.8 Å². The highest BCUT2D eigenvalue weighted by Crippen LogP contribution is 2.13. The summed E-state index contributed by atoms with van der Waals surface area (Å²) >= 11 is 1.78. The standard InChI is InChI=1S/C11H16N4S/c1-8-3-4-16-11(15-8)14-7-10-6-12-9(2)5-13-10/h5-6,8H,3-4,7H2,1-2H3,(H,14,15). The molecule has 16 heavy (non-hydrogen) atoms. The van der Waals surface area contributed by atoms with Gasteiger partial charge < -0.3 is 5.32 Å². The molecule has 1 N–H and O–H groups in total. The first-order valence-electron chi connectivity index (χ1n) is 5.45. The van der Waals surface area contributed by atoms with Gasteiger partial charge in [0.15, 0.2) is 5.17 Å². The van der Waals surface area contributed by atoms with Gasteiger partial charge in [-0.25, -0.2) is 0 Å². The van der Waals surface area contributed by atoms with E-state index in [1.165, 1.54) is 6.42 Å². The van der Waals surface area contributed by atoms with Gasteiger partial charge in [0, 0.05) is 18.0 Å². The van der Waals surface area contributed by atoms with Crippen LogP contribution in [0.25, 0.3) is 0 Å². The van der Waals surface area contributed by atoms with E-state index < -0.39 is 0 Å².